The van der Waals surface area contributed by atoms with Gasteiger partial charge in [-0.25, -0.2) is 43.9 Å². The Bertz CT molecular complexity index is 3040. The van der Waals surface area contributed by atoms with Crippen molar-refractivity contribution in [3.8, 4) is 0 Å². The summed E-state index contributed by atoms with van der Waals surface area (Å²) in [7, 11) is 2.65. The fourth-order valence-electron chi connectivity index (χ4n) is 8.63. The van der Waals surface area contributed by atoms with Crippen molar-refractivity contribution < 1.29 is 72.0 Å². The summed E-state index contributed by atoms with van der Waals surface area (Å²) < 4.78 is 20.7. The minimum Gasteiger partial charge on any atom is -0.477 e. The van der Waals surface area contributed by atoms with E-state index in [1.165, 1.54) is 20.3 Å². The minimum atomic E-state index is -1.04. The molecule has 0 aromatic carbocycles. The Morgan fingerprint density at radius 2 is 1.02 bits per heavy atom. The van der Waals surface area contributed by atoms with Crippen molar-refractivity contribution in [1.82, 2.24) is 45.7 Å². The van der Waals surface area contributed by atoms with Crippen molar-refractivity contribution in [3.05, 3.63) is 101 Å². The second kappa shape index (κ2) is 35.0. The van der Waals surface area contributed by atoms with Gasteiger partial charge in [0.05, 0.1) is 62.3 Å². The van der Waals surface area contributed by atoms with E-state index < -0.39 is 47.0 Å². The number of anilines is 3. The fraction of sp³-hybridized carbons (Fsp3) is 0.492. The summed E-state index contributed by atoms with van der Waals surface area (Å²) in [6.45, 7) is 19.8. The Balaban J connectivity index is 0.000000246. The number of aromatic carboxylic acids is 1. The number of ketones is 2. The van der Waals surface area contributed by atoms with Crippen molar-refractivity contribution in [1.29, 1.82) is 0 Å². The van der Waals surface area contributed by atoms with Gasteiger partial charge >= 0.3 is 30.1 Å². The second-order valence-electron chi connectivity index (χ2n) is 22.3. The highest BCUT2D eigenvalue weighted by molar-refractivity contribution is 9.10. The quantitative estimate of drug-likeness (QED) is 0.0702. The number of carboxylic acid groups (broad SMARTS) is 1. The van der Waals surface area contributed by atoms with Gasteiger partial charge in [0, 0.05) is 102 Å². The number of methoxy groups -OCH3 is 2. The molecule has 5 aliphatic rings. The number of aromatic nitrogens is 4. The Morgan fingerprint density at radius 3 is 1.39 bits per heavy atom. The highest BCUT2D eigenvalue weighted by atomic mass is 79.9. The molecule has 8 heterocycles. The SMILES string of the molecule is CC(C)(C)OC(=O)N1CCN(c2ccc(C(=O)O)nc2)CC1.COC(=O)c1ccc(Br)cn1.COC(=O)c1ccc(N2CCN(C(=O)OC(C)(C)C)CC2)cn1.Cl.NC1CCC(=O)CC1=O.O=C1CCC(NC(=O)c2ccc(N3CCNCC3)cn2)C(=O)N1. The first-order valence-electron chi connectivity index (χ1n) is 28.4. The zero-order valence-corrected chi connectivity index (χ0v) is 53.6. The summed E-state index contributed by atoms with van der Waals surface area (Å²) in [6.07, 6.45) is 7.45. The van der Waals surface area contributed by atoms with Gasteiger partial charge < -0.3 is 64.9 Å². The number of piperidine rings is 1. The lowest BCUT2D eigenvalue weighted by Crippen LogP contribution is -2.52. The van der Waals surface area contributed by atoms with Gasteiger partial charge in [-0.1, -0.05) is 0 Å². The monoisotopic (exact) mass is 1320 g/mol. The van der Waals surface area contributed by atoms with Crippen LogP contribution in [0.2, 0.25) is 0 Å². The van der Waals surface area contributed by atoms with Crippen molar-refractivity contribution in [2.75, 3.05) is 107 Å². The van der Waals surface area contributed by atoms with Gasteiger partial charge in [-0.15, -0.1) is 12.4 Å². The lowest BCUT2D eigenvalue weighted by Gasteiger charge is -2.36. The van der Waals surface area contributed by atoms with Crippen molar-refractivity contribution in [2.24, 2.45) is 5.73 Å². The number of hydrogen-bond acceptors (Lipinski definition) is 23. The van der Waals surface area contributed by atoms with E-state index in [4.69, 9.17) is 20.3 Å². The van der Waals surface area contributed by atoms with E-state index in [9.17, 15) is 47.9 Å². The van der Waals surface area contributed by atoms with E-state index in [0.29, 0.717) is 77.3 Å². The number of Topliss-reactive ketones (excluding diaryl/α,β-unsaturated/α-hetero) is 2. The van der Waals surface area contributed by atoms with E-state index in [0.717, 1.165) is 47.7 Å². The number of halogens is 2. The third-order valence-electron chi connectivity index (χ3n) is 13.4. The van der Waals surface area contributed by atoms with Gasteiger partial charge in [0.25, 0.3) is 5.91 Å². The van der Waals surface area contributed by atoms with Gasteiger partial charge in [0.1, 0.15) is 45.8 Å². The molecule has 5 amide bonds. The predicted molar refractivity (Wildman–Crippen MR) is 332 cm³/mol. The van der Waals surface area contributed by atoms with Crippen LogP contribution in [0.15, 0.2) is 77.8 Å². The van der Waals surface area contributed by atoms with E-state index in [-0.39, 0.29) is 78.0 Å². The molecular formula is C59H79BrClN13O15. The zero-order chi connectivity index (χ0) is 64.7. The number of imide groups is 1. The summed E-state index contributed by atoms with van der Waals surface area (Å²) in [6, 6.07) is 12.5. The summed E-state index contributed by atoms with van der Waals surface area (Å²) in [5, 5.41) is 16.9. The largest absolute Gasteiger partial charge is 0.477 e. The average molecular weight is 1330 g/mol. The average Bonchev–Trinajstić information content (AvgIpc) is 2.41. The molecule has 484 valence electrons. The van der Waals surface area contributed by atoms with Crippen LogP contribution in [-0.2, 0) is 38.1 Å². The van der Waals surface area contributed by atoms with Gasteiger partial charge in [-0.3, -0.25) is 29.3 Å². The number of nitrogens with one attached hydrogen (secondary N) is 3. The van der Waals surface area contributed by atoms with Crippen LogP contribution in [0.25, 0.3) is 0 Å². The van der Waals surface area contributed by atoms with Crippen molar-refractivity contribution in [3.63, 3.8) is 0 Å². The van der Waals surface area contributed by atoms with Crippen LogP contribution in [-0.4, -0.2) is 210 Å². The molecule has 2 unspecified atom stereocenters. The summed E-state index contributed by atoms with van der Waals surface area (Å²) in [5.74, 6) is -3.17. The first-order chi connectivity index (χ1) is 41.6. The number of amides is 5. The lowest BCUT2D eigenvalue weighted by atomic mass is 9.94. The third-order valence-corrected chi connectivity index (χ3v) is 13.8. The maximum Gasteiger partial charge on any atom is 0.410 e. The maximum absolute atomic E-state index is 12.2. The summed E-state index contributed by atoms with van der Waals surface area (Å²) >= 11 is 3.20. The standard InChI is InChI=1S/C16H23N3O4.C15H19N5O3.C15H21N3O4.C7H6BrNO2.C6H9NO2.ClH/c1-16(2,3)23-15(21)19-9-7-18(8-10-19)12-5-6-13(17-11-12)14(20)22-4;21-13-4-3-12(15(23)19-13)18-14(22)11-2-1-10(9-17-11)20-7-5-16-6-8-20;1-15(2,3)22-14(21)18-8-6-17(7-9-18)11-4-5-12(13(19)20)16-10-11;1-11-7(10)6-3-2-5(8)4-9-6;7-5-2-1-4(8)3-6(5)9;/h5-6,11H,7-10H2,1-4H3;1-2,9,12,16H,3-8H2,(H,18,22)(H,19,21,23);4-5,10H,6-9H2,1-3H3,(H,19,20);2-4H,1H3;5H,1-3,7H2;1H. The first-order valence-corrected chi connectivity index (χ1v) is 29.2. The molecule has 1 saturated carbocycles. The van der Waals surface area contributed by atoms with Gasteiger partial charge in [-0.2, -0.15) is 0 Å². The molecule has 4 aromatic rings. The topological polar surface area (TPSA) is 358 Å². The molecule has 1 aliphatic carbocycles. The van der Waals surface area contributed by atoms with E-state index >= 15 is 0 Å². The number of nitrogens with two attached hydrogens (primary N) is 1. The van der Waals surface area contributed by atoms with E-state index in [1.807, 2.05) is 53.7 Å². The number of carbonyl (C=O) groups excluding carboxylic acids is 9. The van der Waals surface area contributed by atoms with Crippen molar-refractivity contribution >= 4 is 105 Å². The van der Waals surface area contributed by atoms with Gasteiger partial charge in [0.2, 0.25) is 11.8 Å². The molecule has 2 atom stereocenters. The Kier molecular flexibility index (Phi) is 28.7. The van der Waals surface area contributed by atoms with Crippen LogP contribution in [0.1, 0.15) is 116 Å². The number of esters is 2. The molecule has 0 spiro atoms. The number of pyridine rings is 4. The molecule has 9 rings (SSSR count). The molecule has 4 aromatic heterocycles. The number of hydrogen-bond donors (Lipinski definition) is 5. The number of rotatable bonds is 8. The summed E-state index contributed by atoms with van der Waals surface area (Å²) in [5.41, 5.74) is 7.99. The molecule has 28 nitrogen and oxygen atoms in total. The van der Waals surface area contributed by atoms with Crippen LogP contribution in [0.3, 0.4) is 0 Å². The normalized spacial score (nSPS) is 17.5. The van der Waals surface area contributed by atoms with Gasteiger partial charge in [0.15, 0.2) is 5.78 Å². The number of carboxylic acids is 1. The van der Waals surface area contributed by atoms with Crippen LogP contribution in [0.4, 0.5) is 26.7 Å². The fourth-order valence-corrected chi connectivity index (χ4v) is 8.87. The number of ether oxygens (including phenoxy) is 4. The molecule has 0 radical (unpaired) electrons. The molecule has 4 aliphatic heterocycles. The first kappa shape index (κ1) is 73.1. The van der Waals surface area contributed by atoms with Crippen molar-refractivity contribution in [2.45, 2.75) is 96.9 Å². The molecule has 5 fully saturated rings. The third kappa shape index (κ3) is 24.6. The summed E-state index contributed by atoms with van der Waals surface area (Å²) in [4.78, 5) is 139. The highest BCUT2D eigenvalue weighted by Gasteiger charge is 2.30. The van der Waals surface area contributed by atoms with E-state index in [2.05, 4.69) is 76.0 Å². The Hall–Kier alpha value is -8.41. The Labute approximate surface area is 530 Å². The van der Waals surface area contributed by atoms with E-state index in [1.54, 1.807) is 64.9 Å². The zero-order valence-electron chi connectivity index (χ0n) is 51.2. The molecule has 30 heteroatoms. The number of nitrogens with zero attached hydrogens (tertiary/aromatic N) is 9. The molecule has 89 heavy (non-hydrogen) atoms. The van der Waals surface area contributed by atoms with Crippen LogP contribution in [0, 0.1) is 0 Å². The Morgan fingerprint density at radius 1 is 0.596 bits per heavy atom. The second-order valence-corrected chi connectivity index (χ2v) is 23.2. The number of piperazine rings is 3. The molecule has 0 bridgehead atoms. The molecular weight excluding hydrogens is 1250 g/mol. The molecule has 4 saturated heterocycles. The smallest absolute Gasteiger partial charge is 0.410 e. The van der Waals surface area contributed by atoms with Crippen LogP contribution in [0.5, 0.6) is 0 Å². The minimum absolute atomic E-state index is 0. The molecule has 6 N–H and O–H groups in total. The van der Waals surface area contributed by atoms with Gasteiger partial charge in [-0.05, 0) is 119 Å². The highest BCUT2D eigenvalue weighted by Crippen LogP contribution is 2.21. The lowest BCUT2D eigenvalue weighted by molar-refractivity contribution is -0.135. The van der Waals surface area contributed by atoms with Crippen LogP contribution < -0.4 is 36.4 Å². The maximum atomic E-state index is 12.2. The van der Waals surface area contributed by atoms with Crippen LogP contribution >= 0.6 is 28.3 Å². The number of carbonyl (C=O) groups is 10. The predicted octanol–water partition coefficient (Wildman–Crippen LogP) is 4.48.